The number of aromatic nitrogens is 2. The lowest BCUT2D eigenvalue weighted by molar-refractivity contribution is -0.161. The van der Waals surface area contributed by atoms with Crippen molar-refractivity contribution in [3.63, 3.8) is 0 Å². The predicted molar refractivity (Wildman–Crippen MR) is 172 cm³/mol. The first-order valence-electron chi connectivity index (χ1n) is 15.0. The Kier molecular flexibility index (Phi) is 13.2. The highest BCUT2D eigenvalue weighted by molar-refractivity contribution is 7.57. The third kappa shape index (κ3) is 10.8. The van der Waals surface area contributed by atoms with Gasteiger partial charge in [-0.25, -0.2) is 4.79 Å². The van der Waals surface area contributed by atoms with Crippen LogP contribution in [0.5, 0.6) is 0 Å². The van der Waals surface area contributed by atoms with Crippen molar-refractivity contribution in [2.75, 3.05) is 20.7 Å². The van der Waals surface area contributed by atoms with Crippen LogP contribution < -0.4 is 11.2 Å². The number of nitrogens with one attached hydrogen (secondary N) is 1. The summed E-state index contributed by atoms with van der Waals surface area (Å²) in [5.41, 5.74) is -2.89. The van der Waals surface area contributed by atoms with Gasteiger partial charge in [-0.2, -0.15) is 0 Å². The summed E-state index contributed by atoms with van der Waals surface area (Å²) in [6, 6.07) is 1.21. The van der Waals surface area contributed by atoms with Crippen LogP contribution in [-0.2, 0) is 46.6 Å². The summed E-state index contributed by atoms with van der Waals surface area (Å²) in [6.07, 6.45) is -0.137. The maximum atomic E-state index is 13.7. The normalized spacial score (nSPS) is 21.5. The van der Waals surface area contributed by atoms with Gasteiger partial charge in [0.15, 0.2) is 14.5 Å². The number of carbonyl (C=O) groups excluding carboxylic acids is 2. The monoisotopic (exact) mass is 690 g/mol. The molecule has 1 saturated heterocycles. The molecule has 46 heavy (non-hydrogen) atoms. The molecule has 0 bridgehead atoms. The van der Waals surface area contributed by atoms with Crippen LogP contribution in [-0.4, -0.2) is 68.8 Å². The van der Waals surface area contributed by atoms with Gasteiger partial charge >= 0.3 is 25.2 Å². The van der Waals surface area contributed by atoms with Gasteiger partial charge in [0.2, 0.25) is 13.6 Å². The third-order valence-corrected chi connectivity index (χ3v) is 13.6. The molecule has 0 aromatic carbocycles. The number of H-pyrrole nitrogens is 1. The van der Waals surface area contributed by atoms with Crippen molar-refractivity contribution >= 4 is 27.9 Å². The number of rotatable bonds is 13. The lowest BCUT2D eigenvalue weighted by atomic mass is 9.98. The Hall–Kier alpha value is -2.39. The Bertz CT molecular complexity index is 1360. The van der Waals surface area contributed by atoms with Crippen LogP contribution in [0, 0.1) is 10.8 Å². The van der Waals surface area contributed by atoms with Crippen LogP contribution in [0.15, 0.2) is 33.7 Å². The Labute approximate surface area is 271 Å². The van der Waals surface area contributed by atoms with E-state index in [0.29, 0.717) is 0 Å². The highest BCUT2D eigenvalue weighted by atomic mass is 31.2. The molecule has 1 fully saturated rings. The number of hydrogen-bond donors (Lipinski definition) is 1. The molecule has 0 aliphatic carbocycles. The van der Waals surface area contributed by atoms with Gasteiger partial charge in [-0.3, -0.25) is 37.5 Å². The van der Waals surface area contributed by atoms with Crippen LogP contribution in [0.2, 0.25) is 18.1 Å². The Balaban J connectivity index is 2.38. The summed E-state index contributed by atoms with van der Waals surface area (Å²) in [7, 11) is -5.08. The van der Waals surface area contributed by atoms with Crippen molar-refractivity contribution in [1.29, 1.82) is 0 Å². The number of nitrogens with zero attached hydrogens (tertiary/aromatic N) is 1. The second-order valence-electron chi connectivity index (χ2n) is 14.6. The molecule has 2 rings (SSSR count). The lowest BCUT2D eigenvalue weighted by Gasteiger charge is -2.40. The molecule has 14 nitrogen and oxygen atoms in total. The zero-order valence-electron chi connectivity index (χ0n) is 29.0. The molecule has 1 N–H and O–H groups in total. The molecule has 2 heterocycles. The summed E-state index contributed by atoms with van der Waals surface area (Å²) in [5, 5.41) is -0.176. The van der Waals surface area contributed by atoms with E-state index in [4.69, 9.17) is 32.4 Å². The first-order chi connectivity index (χ1) is 20.9. The first-order valence-corrected chi connectivity index (χ1v) is 19.5. The largest absolute Gasteiger partial charge is 0.438 e. The van der Waals surface area contributed by atoms with E-state index in [1.165, 1.54) is 30.0 Å². The lowest BCUT2D eigenvalue weighted by Crippen LogP contribution is -2.49. The number of ether oxygens (including phenoxy) is 4. The van der Waals surface area contributed by atoms with E-state index in [0.717, 1.165) is 5.82 Å². The maximum absolute atomic E-state index is 13.7. The van der Waals surface area contributed by atoms with Gasteiger partial charge in [0.25, 0.3) is 5.56 Å². The van der Waals surface area contributed by atoms with Gasteiger partial charge < -0.3 is 23.4 Å². The number of carbonyl (C=O) groups is 2. The molecule has 0 unspecified atom stereocenters. The SMILES string of the molecule is CO[C@@H]1[C@@H](O[Si](C)(C)C(C)(C)C)[C@@H](C/C=C/P(=O)(OCOC(=O)C(C)(C)C)OCOC(=O)C(C)(C)C)O[C@H]1n1ccc(=O)[nH]c1=O. The summed E-state index contributed by atoms with van der Waals surface area (Å²) >= 11 is 0. The average molecular weight is 691 g/mol. The van der Waals surface area contributed by atoms with E-state index < -0.39 is 88.1 Å². The van der Waals surface area contributed by atoms with Gasteiger partial charge in [0, 0.05) is 25.2 Å². The van der Waals surface area contributed by atoms with E-state index in [-0.39, 0.29) is 11.5 Å². The summed E-state index contributed by atoms with van der Waals surface area (Å²) in [4.78, 5) is 51.1. The minimum atomic E-state index is -4.14. The predicted octanol–water partition coefficient (Wildman–Crippen LogP) is 5.06. The summed E-state index contributed by atoms with van der Waals surface area (Å²) < 4.78 is 54.8. The number of hydrogen-bond acceptors (Lipinski definition) is 12. The zero-order chi connectivity index (χ0) is 35.3. The minimum absolute atomic E-state index is 0.105. The van der Waals surface area contributed by atoms with Crippen LogP contribution in [0.4, 0.5) is 0 Å². The molecular weight excluding hydrogens is 639 g/mol. The van der Waals surface area contributed by atoms with E-state index in [1.54, 1.807) is 41.5 Å². The fourth-order valence-electron chi connectivity index (χ4n) is 3.85. The molecule has 0 spiro atoms. The van der Waals surface area contributed by atoms with Crippen LogP contribution in [0.1, 0.15) is 75.0 Å². The second kappa shape index (κ2) is 15.2. The summed E-state index contributed by atoms with van der Waals surface area (Å²) in [5.74, 6) is -0.000634. The van der Waals surface area contributed by atoms with Gasteiger partial charge in [-0.05, 0) is 66.1 Å². The molecular formula is C30H51N2O12PSi. The number of aromatic amines is 1. The number of methoxy groups -OCH3 is 1. The highest BCUT2D eigenvalue weighted by Crippen LogP contribution is 2.50. The molecule has 0 amide bonds. The smallest absolute Gasteiger partial charge is 0.359 e. The van der Waals surface area contributed by atoms with Crippen LogP contribution in [0.3, 0.4) is 0 Å². The van der Waals surface area contributed by atoms with Gasteiger partial charge in [0.05, 0.1) is 16.9 Å². The average Bonchev–Trinajstić information content (AvgIpc) is 3.22. The van der Waals surface area contributed by atoms with Crippen LogP contribution in [0.25, 0.3) is 0 Å². The summed E-state index contributed by atoms with van der Waals surface area (Å²) in [6.45, 7) is 19.0. The quantitative estimate of drug-likeness (QED) is 0.126. The molecule has 1 aliphatic rings. The van der Waals surface area contributed by atoms with Crippen molar-refractivity contribution < 1.29 is 46.6 Å². The molecule has 4 atom stereocenters. The molecule has 1 aromatic rings. The minimum Gasteiger partial charge on any atom is -0.438 e. The molecule has 1 aromatic heterocycles. The van der Waals surface area contributed by atoms with Crippen LogP contribution >= 0.6 is 7.60 Å². The van der Waals surface area contributed by atoms with Gasteiger partial charge in [-0.1, -0.05) is 26.8 Å². The van der Waals surface area contributed by atoms with E-state index in [2.05, 4.69) is 38.8 Å². The second-order valence-corrected chi connectivity index (χ2v) is 21.3. The molecule has 16 heteroatoms. The number of esters is 2. The Morgan fingerprint density at radius 2 is 1.48 bits per heavy atom. The fourth-order valence-corrected chi connectivity index (χ4v) is 6.19. The first kappa shape index (κ1) is 39.8. The van der Waals surface area contributed by atoms with Crippen molar-refractivity contribution in [3.8, 4) is 0 Å². The van der Waals surface area contributed by atoms with Crippen molar-refractivity contribution in [3.05, 3.63) is 45.0 Å². The van der Waals surface area contributed by atoms with E-state index in [9.17, 15) is 23.7 Å². The Morgan fingerprint density at radius 1 is 0.957 bits per heavy atom. The molecule has 262 valence electrons. The van der Waals surface area contributed by atoms with E-state index >= 15 is 0 Å². The van der Waals surface area contributed by atoms with Crippen molar-refractivity contribution in [2.45, 2.75) is 111 Å². The maximum Gasteiger partial charge on any atom is 0.359 e. The molecule has 1 aliphatic heterocycles. The third-order valence-electron chi connectivity index (χ3n) is 7.65. The fraction of sp³-hybridized carbons (Fsp3) is 0.733. The Morgan fingerprint density at radius 3 is 1.91 bits per heavy atom. The molecule has 0 saturated carbocycles. The highest BCUT2D eigenvalue weighted by Gasteiger charge is 2.51. The standard InChI is InChI=1S/C30H51N2O12PSi/c1-28(2,3)25(34)39-18-41-45(37,42-19-40-26(35)29(4,5)6)17-13-14-20-22(44-46(11,12)30(7,8)9)23(38-10)24(43-20)32-16-15-21(33)31-27(32)36/h13,15-17,20,22-24H,14,18-19H2,1-12H3,(H,31,33,36)/b17-13+/t20-,22+,23-,24-/m1/s1. The van der Waals surface area contributed by atoms with E-state index in [1.807, 2.05) is 0 Å². The topological polar surface area (TPSA) is 171 Å². The van der Waals surface area contributed by atoms with Gasteiger partial charge in [-0.15, -0.1) is 0 Å². The van der Waals surface area contributed by atoms with Crippen molar-refractivity contribution in [2.24, 2.45) is 10.8 Å². The van der Waals surface area contributed by atoms with Gasteiger partial charge in [0.1, 0.15) is 12.2 Å². The van der Waals surface area contributed by atoms with Crippen molar-refractivity contribution in [1.82, 2.24) is 9.55 Å². The molecule has 0 radical (unpaired) electrons. The zero-order valence-corrected chi connectivity index (χ0v) is 30.9.